The Labute approximate surface area is 232 Å². The number of amides is 3. The molecule has 3 aliphatic carbocycles. The predicted octanol–water partition coefficient (Wildman–Crippen LogP) is 4.45. The van der Waals surface area contributed by atoms with Crippen LogP contribution in [-0.2, 0) is 0 Å². The van der Waals surface area contributed by atoms with Gasteiger partial charge in [-0.25, -0.2) is 18.7 Å². The number of hydrogen-bond donors (Lipinski definition) is 5. The molecule has 12 heteroatoms. The summed E-state index contributed by atoms with van der Waals surface area (Å²) in [6.07, 6.45) is 15.4. The molecule has 3 aromatic heterocycles. The lowest BCUT2D eigenvalue weighted by atomic mass is 9.91. The number of carbonyl (C=O) groups excluding carboxylic acids is 2. The lowest BCUT2D eigenvalue weighted by Gasteiger charge is -2.31. The van der Waals surface area contributed by atoms with Crippen LogP contribution in [0.15, 0.2) is 30.7 Å². The standard InChI is InChI=1S/C28H36FN9O2/c29-21-15-30-13-12-22(21)36-27(39)24-16-31-26-23(32-18-6-7-18)14-25(37-38(24)26)33-19-8-10-20(11-9-19)35-28(40)34-17-4-2-1-3-5-17/h12-20,32H,1-11H2,(H,33,37)(H,30,36,39)(H2,34,35,40)/t19-,20-. The molecule has 0 saturated heterocycles. The number of imidazole rings is 1. The topological polar surface area (TPSA) is 137 Å². The molecule has 0 spiro atoms. The number of carbonyl (C=O) groups is 2. The number of aromatic nitrogens is 4. The van der Waals surface area contributed by atoms with Gasteiger partial charge in [0, 0.05) is 36.4 Å². The number of rotatable bonds is 8. The van der Waals surface area contributed by atoms with Crippen molar-refractivity contribution in [1.29, 1.82) is 0 Å². The molecule has 40 heavy (non-hydrogen) atoms. The van der Waals surface area contributed by atoms with Crippen LogP contribution in [0.25, 0.3) is 5.65 Å². The van der Waals surface area contributed by atoms with Gasteiger partial charge in [0.25, 0.3) is 5.91 Å². The zero-order valence-electron chi connectivity index (χ0n) is 22.5. The van der Waals surface area contributed by atoms with E-state index in [1.165, 1.54) is 42.2 Å². The second-order valence-corrected chi connectivity index (χ2v) is 11.2. The molecule has 3 heterocycles. The van der Waals surface area contributed by atoms with Crippen molar-refractivity contribution in [2.24, 2.45) is 0 Å². The first-order chi connectivity index (χ1) is 19.5. The molecule has 0 bridgehead atoms. The highest BCUT2D eigenvalue weighted by Gasteiger charge is 2.27. The third-order valence-electron chi connectivity index (χ3n) is 8.01. The molecule has 212 valence electrons. The van der Waals surface area contributed by atoms with Crippen LogP contribution in [-0.4, -0.2) is 55.7 Å². The molecule has 0 unspecified atom stereocenters. The SMILES string of the molecule is O=C(NC1CCCCC1)N[C@H]1CC[C@H](Nc2cc(NC3CC3)c3ncc(C(=O)Nc4ccncc4F)n3n2)CC1. The average molecular weight is 550 g/mol. The van der Waals surface area contributed by atoms with E-state index < -0.39 is 11.7 Å². The van der Waals surface area contributed by atoms with Gasteiger partial charge < -0.3 is 26.6 Å². The average Bonchev–Trinajstić information content (AvgIpc) is 3.66. The molecule has 5 N–H and O–H groups in total. The van der Waals surface area contributed by atoms with Crippen LogP contribution in [0.2, 0.25) is 0 Å². The number of fused-ring (bicyclic) bond motifs is 1. The Morgan fingerprint density at radius 1 is 0.825 bits per heavy atom. The molecular formula is C28H36FN9O2. The molecule has 11 nitrogen and oxygen atoms in total. The maximum Gasteiger partial charge on any atom is 0.315 e. The first-order valence-corrected chi connectivity index (χ1v) is 14.4. The van der Waals surface area contributed by atoms with E-state index in [2.05, 4.69) is 36.6 Å². The summed E-state index contributed by atoms with van der Waals surface area (Å²) in [5.41, 5.74) is 1.57. The smallest absolute Gasteiger partial charge is 0.315 e. The zero-order valence-corrected chi connectivity index (χ0v) is 22.5. The minimum Gasteiger partial charge on any atom is -0.379 e. The summed E-state index contributed by atoms with van der Waals surface area (Å²) in [4.78, 5) is 33.7. The molecular weight excluding hydrogens is 513 g/mol. The van der Waals surface area contributed by atoms with E-state index in [4.69, 9.17) is 5.10 Å². The number of pyridine rings is 1. The van der Waals surface area contributed by atoms with Gasteiger partial charge in [-0.3, -0.25) is 9.78 Å². The first kappa shape index (κ1) is 26.3. The molecule has 3 saturated carbocycles. The fraction of sp³-hybridized carbons (Fsp3) is 0.536. The molecule has 3 amide bonds. The van der Waals surface area contributed by atoms with Crippen molar-refractivity contribution in [3.8, 4) is 0 Å². The molecule has 3 aliphatic rings. The minimum atomic E-state index is -0.618. The van der Waals surface area contributed by atoms with Crippen molar-refractivity contribution in [1.82, 2.24) is 30.2 Å². The number of nitrogens with one attached hydrogen (secondary N) is 5. The Balaban J connectivity index is 1.11. The zero-order chi connectivity index (χ0) is 27.5. The number of anilines is 3. The highest BCUT2D eigenvalue weighted by atomic mass is 19.1. The number of urea groups is 1. The van der Waals surface area contributed by atoms with Gasteiger partial charge in [0.1, 0.15) is 5.82 Å². The van der Waals surface area contributed by atoms with E-state index in [0.717, 1.165) is 63.3 Å². The summed E-state index contributed by atoms with van der Waals surface area (Å²) in [6, 6.07) is 4.30. The maximum atomic E-state index is 14.1. The number of hydrogen-bond acceptors (Lipinski definition) is 7. The molecule has 3 aromatic rings. The second kappa shape index (κ2) is 11.6. The summed E-state index contributed by atoms with van der Waals surface area (Å²) in [6.45, 7) is 0. The number of halogens is 1. The van der Waals surface area contributed by atoms with Crippen LogP contribution in [0.3, 0.4) is 0 Å². The van der Waals surface area contributed by atoms with Gasteiger partial charge in [0.2, 0.25) is 0 Å². The van der Waals surface area contributed by atoms with Crippen LogP contribution < -0.4 is 26.6 Å². The Morgan fingerprint density at radius 3 is 2.23 bits per heavy atom. The fourth-order valence-electron chi connectivity index (χ4n) is 5.66. The fourth-order valence-corrected chi connectivity index (χ4v) is 5.66. The lowest BCUT2D eigenvalue weighted by molar-refractivity contribution is 0.102. The lowest BCUT2D eigenvalue weighted by Crippen LogP contribution is -2.48. The van der Waals surface area contributed by atoms with Gasteiger partial charge in [0.05, 0.1) is 23.8 Å². The monoisotopic (exact) mass is 549 g/mol. The van der Waals surface area contributed by atoms with Crippen molar-refractivity contribution in [2.75, 3.05) is 16.0 Å². The quantitative estimate of drug-likeness (QED) is 0.280. The minimum absolute atomic E-state index is 0.0401. The van der Waals surface area contributed by atoms with Crippen molar-refractivity contribution < 1.29 is 14.0 Å². The summed E-state index contributed by atoms with van der Waals surface area (Å²) in [5.74, 6) is -0.505. The van der Waals surface area contributed by atoms with E-state index in [-0.39, 0.29) is 29.5 Å². The van der Waals surface area contributed by atoms with Gasteiger partial charge in [-0.15, -0.1) is 5.10 Å². The third kappa shape index (κ3) is 6.26. The van der Waals surface area contributed by atoms with Gasteiger partial charge in [-0.2, -0.15) is 0 Å². The predicted molar refractivity (Wildman–Crippen MR) is 150 cm³/mol. The normalized spacial score (nSPS) is 21.5. The first-order valence-electron chi connectivity index (χ1n) is 14.4. The van der Waals surface area contributed by atoms with Crippen molar-refractivity contribution in [3.63, 3.8) is 0 Å². The van der Waals surface area contributed by atoms with Gasteiger partial charge >= 0.3 is 6.03 Å². The summed E-state index contributed by atoms with van der Waals surface area (Å²) in [5, 5.41) is 20.6. The van der Waals surface area contributed by atoms with Gasteiger partial charge in [-0.1, -0.05) is 19.3 Å². The summed E-state index contributed by atoms with van der Waals surface area (Å²) in [7, 11) is 0. The van der Waals surface area contributed by atoms with Crippen LogP contribution >= 0.6 is 0 Å². The van der Waals surface area contributed by atoms with Crippen molar-refractivity contribution in [3.05, 3.63) is 42.2 Å². The molecule has 0 radical (unpaired) electrons. The van der Waals surface area contributed by atoms with Gasteiger partial charge in [-0.05, 0) is 57.4 Å². The van der Waals surface area contributed by atoms with Crippen LogP contribution in [0, 0.1) is 5.82 Å². The van der Waals surface area contributed by atoms with E-state index in [1.54, 1.807) is 0 Å². The van der Waals surface area contributed by atoms with Crippen LogP contribution in [0.1, 0.15) is 81.1 Å². The molecule has 0 atom stereocenters. The second-order valence-electron chi connectivity index (χ2n) is 11.2. The van der Waals surface area contributed by atoms with Crippen molar-refractivity contribution >= 4 is 34.8 Å². The molecule has 3 fully saturated rings. The van der Waals surface area contributed by atoms with Crippen LogP contribution in [0.4, 0.5) is 26.4 Å². The number of nitrogens with zero attached hydrogens (tertiary/aromatic N) is 4. The highest BCUT2D eigenvalue weighted by molar-refractivity contribution is 6.03. The van der Waals surface area contributed by atoms with Crippen molar-refractivity contribution in [2.45, 2.75) is 94.8 Å². The summed E-state index contributed by atoms with van der Waals surface area (Å²) < 4.78 is 15.6. The largest absolute Gasteiger partial charge is 0.379 e. The summed E-state index contributed by atoms with van der Waals surface area (Å²) >= 11 is 0. The Kier molecular flexibility index (Phi) is 7.65. The van der Waals surface area contributed by atoms with E-state index in [1.807, 2.05) is 6.07 Å². The maximum absolute atomic E-state index is 14.1. The Bertz CT molecular complexity index is 1360. The molecule has 6 rings (SSSR count). The third-order valence-corrected chi connectivity index (χ3v) is 8.01. The van der Waals surface area contributed by atoms with Crippen LogP contribution in [0.5, 0.6) is 0 Å². The van der Waals surface area contributed by atoms with E-state index in [0.29, 0.717) is 23.5 Å². The van der Waals surface area contributed by atoms with Gasteiger partial charge in [0.15, 0.2) is 17.2 Å². The molecule has 0 aromatic carbocycles. The Morgan fingerprint density at radius 2 is 1.50 bits per heavy atom. The Hall–Kier alpha value is -3.96. The van der Waals surface area contributed by atoms with E-state index >= 15 is 0 Å². The molecule has 0 aliphatic heterocycles. The van der Waals surface area contributed by atoms with E-state index in [9.17, 15) is 14.0 Å². The highest BCUT2D eigenvalue weighted by Crippen LogP contribution is 2.30.